The summed E-state index contributed by atoms with van der Waals surface area (Å²) in [5.41, 5.74) is 4.87. The van der Waals surface area contributed by atoms with Gasteiger partial charge in [0.15, 0.2) is 0 Å². The van der Waals surface area contributed by atoms with Gasteiger partial charge in [0.1, 0.15) is 0 Å². The van der Waals surface area contributed by atoms with Crippen molar-refractivity contribution in [1.29, 1.82) is 0 Å². The summed E-state index contributed by atoms with van der Waals surface area (Å²) in [7, 11) is 0. The first-order valence-electron chi connectivity index (χ1n) is 1.80. The van der Waals surface area contributed by atoms with E-state index >= 15 is 0 Å². The predicted octanol–water partition coefficient (Wildman–Crippen LogP) is -2.35. The summed E-state index contributed by atoms with van der Waals surface area (Å²) in [6.45, 7) is -0.104. The molecule has 0 saturated carbocycles. The number of aliphatic hydroxyl groups excluding tert-OH is 2. The van der Waals surface area contributed by atoms with Gasteiger partial charge in [-0.3, -0.25) is 0 Å². The Hall–Kier alpha value is 0.880. The van der Waals surface area contributed by atoms with E-state index in [2.05, 4.69) is 0 Å². The molecule has 0 fully saturated rings. The summed E-state index contributed by atoms with van der Waals surface area (Å²) in [6.07, 6.45) is -0.731. The molecule has 0 aliphatic heterocycles. The van der Waals surface area contributed by atoms with Gasteiger partial charge >= 0.3 is 29.6 Å². The van der Waals surface area contributed by atoms with Gasteiger partial charge in [0.2, 0.25) is 0 Å². The average Bonchev–Trinajstić information content (AvgIpc) is 1.65. The summed E-state index contributed by atoms with van der Waals surface area (Å²) < 4.78 is 0. The van der Waals surface area contributed by atoms with E-state index in [1.807, 2.05) is 0 Å². The number of nitrogens with two attached hydrogens (primary N) is 1. The molecule has 0 bridgehead atoms. The van der Waals surface area contributed by atoms with Gasteiger partial charge in [0, 0.05) is 6.54 Å². The van der Waals surface area contributed by atoms with Crippen LogP contribution in [-0.2, 0) is 0 Å². The fraction of sp³-hybridized carbons (Fsp3) is 1.00. The van der Waals surface area contributed by atoms with E-state index in [1.165, 1.54) is 0 Å². The van der Waals surface area contributed by atoms with Gasteiger partial charge in [-0.05, 0) is 0 Å². The molecule has 0 radical (unpaired) electrons. The van der Waals surface area contributed by atoms with Gasteiger partial charge in [-0.15, -0.1) is 0 Å². The van der Waals surface area contributed by atoms with Gasteiger partial charge < -0.3 is 15.9 Å². The number of aliphatic hydroxyl groups is 2. The zero-order valence-electron chi connectivity index (χ0n) is 3.46. The molecule has 0 aliphatic rings. The van der Waals surface area contributed by atoms with Gasteiger partial charge in [-0.2, -0.15) is 0 Å². The predicted molar refractivity (Wildman–Crippen MR) is 29.3 cm³/mol. The Morgan fingerprint density at radius 1 is 1.57 bits per heavy atom. The van der Waals surface area contributed by atoms with Crippen LogP contribution < -0.4 is 5.73 Å². The van der Waals surface area contributed by atoms with Crippen molar-refractivity contribution in [2.24, 2.45) is 5.73 Å². The summed E-state index contributed by atoms with van der Waals surface area (Å²) in [5.74, 6) is 0. The summed E-state index contributed by atoms with van der Waals surface area (Å²) in [5, 5.41) is 16.3. The fourth-order valence-corrected chi connectivity index (χ4v) is 0.0745. The topological polar surface area (TPSA) is 66.5 Å². The quantitative estimate of drug-likeness (QED) is 0.353. The summed E-state index contributed by atoms with van der Waals surface area (Å²) >= 11 is 0. The molecule has 0 saturated heterocycles. The van der Waals surface area contributed by atoms with Gasteiger partial charge in [0.05, 0.1) is 12.7 Å². The second-order valence-corrected chi connectivity index (χ2v) is 1.07. The van der Waals surface area contributed by atoms with Crippen LogP contribution in [-0.4, -0.2) is 59.0 Å². The van der Waals surface area contributed by atoms with Crippen molar-refractivity contribution in [1.82, 2.24) is 0 Å². The van der Waals surface area contributed by atoms with E-state index in [0.717, 1.165) is 0 Å². The van der Waals surface area contributed by atoms with E-state index in [-0.39, 0.29) is 42.7 Å². The molecular weight excluding hydrogens is 105 g/mol. The Balaban J connectivity index is 0. The first-order valence-corrected chi connectivity index (χ1v) is 1.80. The number of hydrogen-bond donors (Lipinski definition) is 3. The first kappa shape index (κ1) is 10.8. The molecule has 0 heterocycles. The molecular formula is C3H10NNaO2. The molecule has 0 aromatic rings. The summed E-state index contributed by atoms with van der Waals surface area (Å²) in [6, 6.07) is 0. The van der Waals surface area contributed by atoms with E-state index < -0.39 is 6.10 Å². The molecule has 7 heavy (non-hydrogen) atoms. The third kappa shape index (κ3) is 6.88. The molecule has 3 nitrogen and oxygen atoms in total. The second-order valence-electron chi connectivity index (χ2n) is 1.07. The molecule has 4 N–H and O–H groups in total. The molecule has 0 amide bonds. The third-order valence-electron chi connectivity index (χ3n) is 0.483. The van der Waals surface area contributed by atoms with Crippen molar-refractivity contribution in [3.63, 3.8) is 0 Å². The number of rotatable bonds is 2. The molecule has 0 rings (SSSR count). The van der Waals surface area contributed by atoms with E-state index in [4.69, 9.17) is 15.9 Å². The fourth-order valence-electron chi connectivity index (χ4n) is 0.0745. The van der Waals surface area contributed by atoms with Crippen LogP contribution in [0.25, 0.3) is 0 Å². The zero-order chi connectivity index (χ0) is 4.99. The van der Waals surface area contributed by atoms with E-state index in [0.29, 0.717) is 0 Å². The van der Waals surface area contributed by atoms with Crippen LogP contribution in [0.5, 0.6) is 0 Å². The molecule has 0 aromatic heterocycles. The molecule has 4 heteroatoms. The normalized spacial score (nSPS) is 12.4. The SMILES string of the molecule is NCC(O)CO.[NaH]. The van der Waals surface area contributed by atoms with Crippen molar-refractivity contribution >= 4 is 29.6 Å². The van der Waals surface area contributed by atoms with Crippen LogP contribution in [0, 0.1) is 0 Å². The Morgan fingerprint density at radius 3 is 2.00 bits per heavy atom. The standard InChI is InChI=1S/C3H9NO2.Na.H/c4-1-3(6)2-5;;/h3,5-6H,1-2,4H2;;. The molecule has 1 atom stereocenters. The van der Waals surface area contributed by atoms with Crippen molar-refractivity contribution < 1.29 is 10.2 Å². The first-order chi connectivity index (χ1) is 2.81. The van der Waals surface area contributed by atoms with E-state index in [9.17, 15) is 0 Å². The minimum atomic E-state index is -0.731. The van der Waals surface area contributed by atoms with Crippen LogP contribution >= 0.6 is 0 Å². The van der Waals surface area contributed by atoms with Crippen LogP contribution in [0.1, 0.15) is 0 Å². The Morgan fingerprint density at radius 2 is 2.00 bits per heavy atom. The Labute approximate surface area is 64.8 Å². The molecule has 1 unspecified atom stereocenters. The maximum atomic E-state index is 8.29. The maximum absolute atomic E-state index is 8.29. The molecule has 0 aromatic carbocycles. The van der Waals surface area contributed by atoms with Gasteiger partial charge in [-0.25, -0.2) is 0 Å². The molecule has 0 aliphatic carbocycles. The molecule has 0 spiro atoms. The van der Waals surface area contributed by atoms with Crippen LogP contribution in [0.4, 0.5) is 0 Å². The minimum absolute atomic E-state index is 0. The van der Waals surface area contributed by atoms with Gasteiger partial charge in [-0.1, -0.05) is 0 Å². The van der Waals surface area contributed by atoms with Crippen LogP contribution in [0.15, 0.2) is 0 Å². The Bertz CT molecular complexity index is 32.1. The monoisotopic (exact) mass is 115 g/mol. The second kappa shape index (κ2) is 6.88. The number of hydrogen-bond acceptors (Lipinski definition) is 3. The third-order valence-corrected chi connectivity index (χ3v) is 0.483. The van der Waals surface area contributed by atoms with E-state index in [1.54, 1.807) is 0 Å². The van der Waals surface area contributed by atoms with Crippen molar-refractivity contribution in [3.05, 3.63) is 0 Å². The van der Waals surface area contributed by atoms with Crippen molar-refractivity contribution in [2.45, 2.75) is 6.10 Å². The summed E-state index contributed by atoms with van der Waals surface area (Å²) in [4.78, 5) is 0. The average molecular weight is 115 g/mol. The van der Waals surface area contributed by atoms with Crippen molar-refractivity contribution in [2.75, 3.05) is 13.2 Å². The van der Waals surface area contributed by atoms with Crippen LogP contribution in [0.3, 0.4) is 0 Å². The van der Waals surface area contributed by atoms with Gasteiger partial charge in [0.25, 0.3) is 0 Å². The van der Waals surface area contributed by atoms with Crippen molar-refractivity contribution in [3.8, 4) is 0 Å². The molecule has 40 valence electrons. The zero-order valence-corrected chi connectivity index (χ0v) is 3.46. The Kier molecular flexibility index (Phi) is 10.6. The van der Waals surface area contributed by atoms with Crippen LogP contribution in [0.2, 0.25) is 0 Å².